The largest absolute Gasteiger partial charge is 0.369 e. The third kappa shape index (κ3) is 3.47. The topological polar surface area (TPSA) is 40.6 Å². The van der Waals surface area contributed by atoms with Gasteiger partial charge in [0.1, 0.15) is 0 Å². The molecule has 2 aromatic rings. The molecule has 1 fully saturated rings. The van der Waals surface area contributed by atoms with E-state index in [4.69, 9.17) is 0 Å². The Balaban J connectivity index is 1.68. The molecule has 0 amide bonds. The molecule has 24 heavy (non-hydrogen) atoms. The Hall–Kier alpha value is -1.85. The smallest absolute Gasteiger partial charge is 0.243 e. The average molecular weight is 344 g/mol. The van der Waals surface area contributed by atoms with Crippen molar-refractivity contribution >= 4 is 15.7 Å². The summed E-state index contributed by atoms with van der Waals surface area (Å²) >= 11 is 0. The van der Waals surface area contributed by atoms with Gasteiger partial charge in [-0.25, -0.2) is 8.42 Å². The van der Waals surface area contributed by atoms with E-state index in [9.17, 15) is 8.42 Å². The van der Waals surface area contributed by atoms with Crippen LogP contribution in [0, 0.1) is 6.92 Å². The second-order valence-corrected chi connectivity index (χ2v) is 8.16. The molecule has 128 valence electrons. The molecule has 3 rings (SSSR count). The van der Waals surface area contributed by atoms with E-state index < -0.39 is 10.0 Å². The van der Waals surface area contributed by atoms with Gasteiger partial charge in [-0.05, 0) is 43.2 Å². The Morgan fingerprint density at radius 2 is 1.46 bits per heavy atom. The minimum Gasteiger partial charge on any atom is -0.369 e. The Morgan fingerprint density at radius 3 is 2.00 bits per heavy atom. The summed E-state index contributed by atoms with van der Waals surface area (Å²) in [5.41, 5.74) is 3.55. The lowest BCUT2D eigenvalue weighted by Crippen LogP contribution is -2.48. The van der Waals surface area contributed by atoms with E-state index in [1.54, 1.807) is 16.4 Å². The number of sulfonamides is 1. The number of rotatable bonds is 4. The number of aryl methyl sites for hydroxylation is 2. The van der Waals surface area contributed by atoms with Crippen LogP contribution in [0.2, 0.25) is 0 Å². The normalized spacial score (nSPS) is 16.3. The van der Waals surface area contributed by atoms with Gasteiger partial charge in [-0.1, -0.05) is 36.8 Å². The lowest BCUT2D eigenvalue weighted by molar-refractivity contribution is 0.385. The highest BCUT2D eigenvalue weighted by atomic mass is 32.2. The van der Waals surface area contributed by atoms with Gasteiger partial charge in [-0.15, -0.1) is 0 Å². The van der Waals surface area contributed by atoms with Gasteiger partial charge in [0.2, 0.25) is 10.0 Å². The summed E-state index contributed by atoms with van der Waals surface area (Å²) in [4.78, 5) is 2.63. The van der Waals surface area contributed by atoms with Crippen molar-refractivity contribution in [1.82, 2.24) is 4.31 Å². The predicted octanol–water partition coefficient (Wildman–Crippen LogP) is 3.07. The van der Waals surface area contributed by atoms with Gasteiger partial charge in [-0.3, -0.25) is 0 Å². The molecule has 1 saturated heterocycles. The van der Waals surface area contributed by atoms with Gasteiger partial charge in [-0.2, -0.15) is 4.31 Å². The zero-order chi connectivity index (χ0) is 17.2. The van der Waals surface area contributed by atoms with E-state index >= 15 is 0 Å². The quantitative estimate of drug-likeness (QED) is 0.856. The average Bonchev–Trinajstić information content (AvgIpc) is 2.62. The Labute approximate surface area is 144 Å². The first-order valence-corrected chi connectivity index (χ1v) is 9.85. The molecular weight excluding hydrogens is 320 g/mol. The summed E-state index contributed by atoms with van der Waals surface area (Å²) in [5, 5.41) is 0. The summed E-state index contributed by atoms with van der Waals surface area (Å²) in [5.74, 6) is 0. The van der Waals surface area contributed by atoms with E-state index in [0.717, 1.165) is 25.1 Å². The molecule has 1 aliphatic rings. The number of nitrogens with zero attached hydrogens (tertiary/aromatic N) is 2. The second kappa shape index (κ2) is 6.95. The van der Waals surface area contributed by atoms with E-state index in [0.29, 0.717) is 18.0 Å². The number of hydrogen-bond donors (Lipinski definition) is 0. The minimum absolute atomic E-state index is 0.383. The summed E-state index contributed by atoms with van der Waals surface area (Å²) in [6.45, 7) is 6.58. The molecule has 0 bridgehead atoms. The summed E-state index contributed by atoms with van der Waals surface area (Å²) in [6.07, 6.45) is 1.03. The predicted molar refractivity (Wildman–Crippen MR) is 98.0 cm³/mol. The third-order valence-corrected chi connectivity index (χ3v) is 6.52. The molecule has 1 heterocycles. The first-order valence-electron chi connectivity index (χ1n) is 8.41. The van der Waals surface area contributed by atoms with Crippen molar-refractivity contribution < 1.29 is 8.42 Å². The van der Waals surface area contributed by atoms with Crippen LogP contribution in [0.5, 0.6) is 0 Å². The second-order valence-electron chi connectivity index (χ2n) is 6.22. The standard InChI is InChI=1S/C19H24N2O2S/c1-3-17-6-8-18(9-7-17)20-12-14-21(15-13-20)24(22,23)19-10-4-16(2)5-11-19/h4-11H,3,12-15H2,1-2H3. The number of benzene rings is 2. The summed E-state index contributed by atoms with van der Waals surface area (Å²) < 4.78 is 27.1. The van der Waals surface area contributed by atoms with Crippen molar-refractivity contribution in [2.75, 3.05) is 31.1 Å². The third-order valence-electron chi connectivity index (χ3n) is 4.61. The zero-order valence-electron chi connectivity index (χ0n) is 14.3. The van der Waals surface area contributed by atoms with Crippen LogP contribution >= 0.6 is 0 Å². The van der Waals surface area contributed by atoms with Crippen LogP contribution < -0.4 is 4.90 Å². The minimum atomic E-state index is -3.39. The lowest BCUT2D eigenvalue weighted by Gasteiger charge is -2.35. The van der Waals surface area contributed by atoms with Crippen molar-refractivity contribution in [3.63, 3.8) is 0 Å². The first-order chi connectivity index (χ1) is 11.5. The molecule has 0 saturated carbocycles. The highest BCUT2D eigenvalue weighted by Gasteiger charge is 2.28. The molecule has 0 aliphatic carbocycles. The van der Waals surface area contributed by atoms with Crippen LogP contribution in [0.15, 0.2) is 53.4 Å². The van der Waals surface area contributed by atoms with Gasteiger partial charge < -0.3 is 4.90 Å². The van der Waals surface area contributed by atoms with Crippen molar-refractivity contribution in [3.8, 4) is 0 Å². The molecule has 0 atom stereocenters. The fraction of sp³-hybridized carbons (Fsp3) is 0.368. The zero-order valence-corrected chi connectivity index (χ0v) is 15.1. The van der Waals surface area contributed by atoms with Gasteiger partial charge in [0, 0.05) is 31.9 Å². The van der Waals surface area contributed by atoms with E-state index in [1.165, 1.54) is 11.3 Å². The maximum Gasteiger partial charge on any atom is 0.243 e. The Bertz CT molecular complexity index is 775. The number of hydrogen-bond acceptors (Lipinski definition) is 3. The maximum atomic E-state index is 12.7. The molecule has 4 nitrogen and oxygen atoms in total. The highest BCUT2D eigenvalue weighted by molar-refractivity contribution is 7.89. The summed E-state index contributed by atoms with van der Waals surface area (Å²) in [6, 6.07) is 15.6. The van der Waals surface area contributed by atoms with Crippen LogP contribution in [-0.2, 0) is 16.4 Å². The van der Waals surface area contributed by atoms with E-state index in [-0.39, 0.29) is 0 Å². The van der Waals surface area contributed by atoms with Crippen LogP contribution in [0.1, 0.15) is 18.1 Å². The SMILES string of the molecule is CCc1ccc(N2CCN(S(=O)(=O)c3ccc(C)cc3)CC2)cc1. The number of anilines is 1. The van der Waals surface area contributed by atoms with Crippen molar-refractivity contribution in [1.29, 1.82) is 0 Å². The van der Waals surface area contributed by atoms with Crippen molar-refractivity contribution in [2.24, 2.45) is 0 Å². The van der Waals surface area contributed by atoms with Crippen molar-refractivity contribution in [2.45, 2.75) is 25.2 Å². The van der Waals surface area contributed by atoms with Gasteiger partial charge >= 0.3 is 0 Å². The van der Waals surface area contributed by atoms with Crippen molar-refractivity contribution in [3.05, 3.63) is 59.7 Å². The molecule has 0 unspecified atom stereocenters. The fourth-order valence-corrected chi connectivity index (χ4v) is 4.41. The van der Waals surface area contributed by atoms with Gasteiger partial charge in [0.05, 0.1) is 4.90 Å². The highest BCUT2D eigenvalue weighted by Crippen LogP contribution is 2.22. The number of piperazine rings is 1. The summed E-state index contributed by atoms with van der Waals surface area (Å²) in [7, 11) is -3.39. The van der Waals surface area contributed by atoms with Crippen LogP contribution in [-0.4, -0.2) is 38.9 Å². The molecule has 0 spiro atoms. The molecule has 2 aromatic carbocycles. The fourth-order valence-electron chi connectivity index (χ4n) is 2.99. The molecule has 0 aromatic heterocycles. The monoisotopic (exact) mass is 344 g/mol. The molecule has 1 aliphatic heterocycles. The van der Waals surface area contributed by atoms with Crippen LogP contribution in [0.4, 0.5) is 5.69 Å². The molecule has 0 radical (unpaired) electrons. The van der Waals surface area contributed by atoms with E-state index in [2.05, 4.69) is 36.1 Å². The van der Waals surface area contributed by atoms with Crippen LogP contribution in [0.25, 0.3) is 0 Å². The molecular formula is C19H24N2O2S. The van der Waals surface area contributed by atoms with Gasteiger partial charge in [0.15, 0.2) is 0 Å². The first kappa shape index (κ1) is 17.0. The molecule has 0 N–H and O–H groups in total. The Kier molecular flexibility index (Phi) is 4.92. The Morgan fingerprint density at radius 1 is 0.875 bits per heavy atom. The maximum absolute atomic E-state index is 12.7. The van der Waals surface area contributed by atoms with Crippen LogP contribution in [0.3, 0.4) is 0 Å². The lowest BCUT2D eigenvalue weighted by atomic mass is 10.1. The van der Waals surface area contributed by atoms with E-state index in [1.807, 2.05) is 19.1 Å². The molecule has 5 heteroatoms. The van der Waals surface area contributed by atoms with Gasteiger partial charge in [0.25, 0.3) is 0 Å².